The summed E-state index contributed by atoms with van der Waals surface area (Å²) in [6.07, 6.45) is -0.578. The van der Waals surface area contributed by atoms with E-state index in [0.29, 0.717) is 29.2 Å². The molecule has 3 rings (SSSR count). The molecular weight excluding hydrogens is 310 g/mol. The number of carbonyl (C=O) groups is 1. The molecule has 0 radical (unpaired) electrons. The van der Waals surface area contributed by atoms with Gasteiger partial charge >= 0.3 is 5.97 Å². The molecule has 0 saturated heterocycles. The first-order chi connectivity index (χ1) is 11.7. The van der Waals surface area contributed by atoms with Gasteiger partial charge in [0.05, 0.1) is 20.8 Å². The zero-order chi connectivity index (χ0) is 17.1. The highest BCUT2D eigenvalue weighted by Crippen LogP contribution is 2.42. The Morgan fingerprint density at radius 3 is 2.46 bits per heavy atom. The van der Waals surface area contributed by atoms with E-state index < -0.39 is 12.2 Å². The average Bonchev–Trinajstić information content (AvgIpc) is 2.92. The zero-order valence-corrected chi connectivity index (χ0v) is 13.8. The van der Waals surface area contributed by atoms with E-state index in [1.54, 1.807) is 12.1 Å². The van der Waals surface area contributed by atoms with Crippen LogP contribution in [-0.4, -0.2) is 26.8 Å². The third-order valence-electron chi connectivity index (χ3n) is 3.75. The van der Waals surface area contributed by atoms with Crippen LogP contribution in [0.5, 0.6) is 17.2 Å². The lowest BCUT2D eigenvalue weighted by atomic mass is 10.1. The van der Waals surface area contributed by atoms with Crippen LogP contribution in [-0.2, 0) is 4.74 Å². The molecule has 0 fully saturated rings. The summed E-state index contributed by atoms with van der Waals surface area (Å²) < 4.78 is 21.4. The van der Waals surface area contributed by atoms with Crippen LogP contribution in [0.2, 0.25) is 0 Å². The fraction of sp³-hybridized carbons (Fsp3) is 0.278. The van der Waals surface area contributed by atoms with Crippen molar-refractivity contribution in [2.75, 3.05) is 26.1 Å². The minimum atomic E-state index is -0.578. The highest BCUT2D eigenvalue weighted by molar-refractivity contribution is 5.98. The molecule has 126 valence electrons. The van der Waals surface area contributed by atoms with Crippen molar-refractivity contribution in [1.82, 2.24) is 0 Å². The van der Waals surface area contributed by atoms with Crippen molar-refractivity contribution < 1.29 is 23.7 Å². The summed E-state index contributed by atoms with van der Waals surface area (Å²) in [7, 11) is 3.03. The van der Waals surface area contributed by atoms with Gasteiger partial charge in [0, 0.05) is 11.3 Å². The molecule has 1 aliphatic heterocycles. The lowest BCUT2D eigenvalue weighted by Gasteiger charge is -2.15. The Morgan fingerprint density at radius 1 is 1.08 bits per heavy atom. The molecule has 0 unspecified atom stereocenters. The Balaban J connectivity index is 1.87. The molecule has 1 atom stereocenters. The number of anilines is 1. The topological polar surface area (TPSA) is 66.0 Å². The maximum Gasteiger partial charge on any atom is 0.344 e. The maximum atomic E-state index is 12.2. The normalized spacial score (nSPS) is 15.5. The molecule has 0 spiro atoms. The van der Waals surface area contributed by atoms with E-state index in [1.807, 2.05) is 31.2 Å². The molecule has 1 aliphatic rings. The van der Waals surface area contributed by atoms with Crippen molar-refractivity contribution >= 4 is 11.7 Å². The van der Waals surface area contributed by atoms with Gasteiger partial charge in [0.15, 0.2) is 11.5 Å². The molecule has 0 aliphatic carbocycles. The summed E-state index contributed by atoms with van der Waals surface area (Å²) in [5, 5.41) is 3.19. The predicted molar refractivity (Wildman–Crippen MR) is 88.9 cm³/mol. The van der Waals surface area contributed by atoms with Crippen molar-refractivity contribution in [3.05, 3.63) is 47.5 Å². The molecule has 2 aromatic rings. The van der Waals surface area contributed by atoms with Gasteiger partial charge in [-0.1, -0.05) is 0 Å². The third-order valence-corrected chi connectivity index (χ3v) is 3.75. The molecular formula is C18H19NO5. The van der Waals surface area contributed by atoms with Crippen LogP contribution in [0.3, 0.4) is 0 Å². The van der Waals surface area contributed by atoms with Gasteiger partial charge in [-0.2, -0.15) is 0 Å². The molecule has 24 heavy (non-hydrogen) atoms. The first kappa shape index (κ1) is 16.0. The van der Waals surface area contributed by atoms with E-state index in [2.05, 4.69) is 5.32 Å². The first-order valence-electron chi connectivity index (χ1n) is 7.63. The van der Waals surface area contributed by atoms with Gasteiger partial charge in [-0.05, 0) is 43.3 Å². The van der Waals surface area contributed by atoms with Gasteiger partial charge in [0.2, 0.25) is 6.23 Å². The average molecular weight is 329 g/mol. The lowest BCUT2D eigenvalue weighted by Crippen LogP contribution is -2.10. The van der Waals surface area contributed by atoms with E-state index >= 15 is 0 Å². The maximum absolute atomic E-state index is 12.2. The van der Waals surface area contributed by atoms with Crippen molar-refractivity contribution in [2.45, 2.75) is 13.2 Å². The Kier molecular flexibility index (Phi) is 4.46. The summed E-state index contributed by atoms with van der Waals surface area (Å²) in [6.45, 7) is 2.55. The second-order valence-electron chi connectivity index (χ2n) is 5.15. The van der Waals surface area contributed by atoms with E-state index in [9.17, 15) is 4.79 Å². The van der Waals surface area contributed by atoms with Gasteiger partial charge in [-0.15, -0.1) is 0 Å². The van der Waals surface area contributed by atoms with Gasteiger partial charge in [0.1, 0.15) is 11.3 Å². The summed E-state index contributed by atoms with van der Waals surface area (Å²) in [5.74, 6) is 1.23. The van der Waals surface area contributed by atoms with E-state index in [1.165, 1.54) is 14.2 Å². The first-order valence-corrected chi connectivity index (χ1v) is 7.63. The van der Waals surface area contributed by atoms with E-state index in [0.717, 1.165) is 11.4 Å². The van der Waals surface area contributed by atoms with Crippen LogP contribution in [0.15, 0.2) is 36.4 Å². The number of methoxy groups -OCH3 is 2. The summed E-state index contributed by atoms with van der Waals surface area (Å²) in [6, 6.07) is 11.0. The molecule has 6 heteroatoms. The Bertz CT molecular complexity index is 742. The number of hydrogen-bond donors (Lipinski definition) is 1. The van der Waals surface area contributed by atoms with Crippen LogP contribution >= 0.6 is 0 Å². The summed E-state index contributed by atoms with van der Waals surface area (Å²) in [5.41, 5.74) is 1.92. The third kappa shape index (κ3) is 2.82. The molecule has 0 amide bonds. The van der Waals surface area contributed by atoms with E-state index in [4.69, 9.17) is 18.9 Å². The lowest BCUT2D eigenvalue weighted by molar-refractivity contribution is 0.0435. The second-order valence-corrected chi connectivity index (χ2v) is 5.15. The smallest absolute Gasteiger partial charge is 0.344 e. The Hall–Kier alpha value is -2.89. The number of hydrogen-bond acceptors (Lipinski definition) is 6. The number of ether oxygens (including phenoxy) is 4. The quantitative estimate of drug-likeness (QED) is 0.820. The second kappa shape index (κ2) is 6.70. The highest BCUT2D eigenvalue weighted by Gasteiger charge is 2.35. The Morgan fingerprint density at radius 2 is 1.83 bits per heavy atom. The zero-order valence-electron chi connectivity index (χ0n) is 13.8. The van der Waals surface area contributed by atoms with Gasteiger partial charge in [-0.25, -0.2) is 4.79 Å². The molecule has 0 aromatic heterocycles. The van der Waals surface area contributed by atoms with Crippen molar-refractivity contribution in [3.8, 4) is 17.2 Å². The van der Waals surface area contributed by atoms with Crippen LogP contribution < -0.4 is 19.5 Å². The minimum Gasteiger partial charge on any atom is -0.494 e. The summed E-state index contributed by atoms with van der Waals surface area (Å²) >= 11 is 0. The van der Waals surface area contributed by atoms with Crippen LogP contribution in [0.1, 0.15) is 29.1 Å². The van der Waals surface area contributed by atoms with Gasteiger partial charge in [0.25, 0.3) is 0 Å². The Labute approximate surface area is 140 Å². The molecule has 1 N–H and O–H groups in total. The number of esters is 1. The molecule has 0 bridgehead atoms. The number of nitrogens with one attached hydrogen (secondary N) is 1. The standard InChI is InChI=1S/C18H19NO5/c1-4-23-12-7-5-11(6-8-12)19-17-13-9-10-14(21-2)16(22-3)15(13)18(20)24-17/h5-10,17,19H,4H2,1-3H3/t17-/m1/s1. The van der Waals surface area contributed by atoms with Crippen LogP contribution in [0.25, 0.3) is 0 Å². The van der Waals surface area contributed by atoms with Crippen LogP contribution in [0.4, 0.5) is 5.69 Å². The molecule has 6 nitrogen and oxygen atoms in total. The molecule has 0 saturated carbocycles. The van der Waals surface area contributed by atoms with Gasteiger partial charge < -0.3 is 24.3 Å². The fourth-order valence-corrected chi connectivity index (χ4v) is 2.67. The minimum absolute atomic E-state index is 0.385. The molecule has 1 heterocycles. The number of cyclic esters (lactones) is 1. The van der Waals surface area contributed by atoms with Crippen molar-refractivity contribution in [1.29, 1.82) is 0 Å². The van der Waals surface area contributed by atoms with Gasteiger partial charge in [-0.3, -0.25) is 0 Å². The van der Waals surface area contributed by atoms with E-state index in [-0.39, 0.29) is 0 Å². The number of benzene rings is 2. The highest BCUT2D eigenvalue weighted by atomic mass is 16.6. The number of carbonyl (C=O) groups excluding carboxylic acids is 1. The summed E-state index contributed by atoms with van der Waals surface area (Å²) in [4.78, 5) is 12.2. The fourth-order valence-electron chi connectivity index (χ4n) is 2.67. The predicted octanol–water partition coefficient (Wildman–Crippen LogP) is 3.38. The van der Waals surface area contributed by atoms with Crippen molar-refractivity contribution in [3.63, 3.8) is 0 Å². The monoisotopic (exact) mass is 329 g/mol. The van der Waals surface area contributed by atoms with Crippen molar-refractivity contribution in [2.24, 2.45) is 0 Å². The SMILES string of the molecule is CCOc1ccc(N[C@@H]2OC(=O)c3c2ccc(OC)c3OC)cc1. The number of rotatable bonds is 6. The number of fused-ring (bicyclic) bond motifs is 1. The van der Waals surface area contributed by atoms with Crippen LogP contribution in [0, 0.1) is 0 Å². The largest absolute Gasteiger partial charge is 0.494 e. The molecule has 2 aromatic carbocycles.